The summed E-state index contributed by atoms with van der Waals surface area (Å²) in [6.45, 7) is 1.88. The molecule has 2 atom stereocenters. The Bertz CT molecular complexity index is 271. The van der Waals surface area contributed by atoms with Gasteiger partial charge in [-0.25, -0.2) is 0 Å². The van der Waals surface area contributed by atoms with Gasteiger partial charge in [-0.1, -0.05) is 0 Å². The topological polar surface area (TPSA) is 50.8 Å². The first-order chi connectivity index (χ1) is 8.74. The molecular formula is C13H24N2O3. The molecule has 18 heavy (non-hydrogen) atoms. The van der Waals surface area contributed by atoms with Gasteiger partial charge in [-0.05, 0) is 25.7 Å². The third-order valence-corrected chi connectivity index (χ3v) is 4.09. The maximum atomic E-state index is 11.5. The Labute approximate surface area is 109 Å². The molecule has 0 radical (unpaired) electrons. The Morgan fingerprint density at radius 2 is 1.94 bits per heavy atom. The van der Waals surface area contributed by atoms with Gasteiger partial charge < -0.3 is 14.8 Å². The number of nitrogens with zero attached hydrogens (tertiary/aromatic N) is 1. The highest BCUT2D eigenvalue weighted by Crippen LogP contribution is 2.36. The minimum Gasteiger partial charge on any atom is -0.382 e. The Kier molecular flexibility index (Phi) is 4.97. The molecule has 1 N–H and O–H groups in total. The van der Waals surface area contributed by atoms with Crippen LogP contribution in [0, 0.1) is 0 Å². The zero-order valence-electron chi connectivity index (χ0n) is 11.4. The predicted molar refractivity (Wildman–Crippen MR) is 68.4 cm³/mol. The summed E-state index contributed by atoms with van der Waals surface area (Å²) in [7, 11) is 3.39. The Hall–Kier alpha value is -0.650. The Balaban J connectivity index is 1.81. The average Bonchev–Trinajstić information content (AvgIpc) is 2.62. The van der Waals surface area contributed by atoms with Crippen LogP contribution in [0.2, 0.25) is 0 Å². The molecule has 0 aromatic rings. The molecule has 104 valence electrons. The van der Waals surface area contributed by atoms with Gasteiger partial charge in [0.1, 0.15) is 0 Å². The number of likely N-dealkylation sites (N-methyl/N-ethyl adjacent to an activating group) is 1. The predicted octanol–water partition coefficient (Wildman–Crippen LogP) is 0.391. The third-order valence-electron chi connectivity index (χ3n) is 4.09. The number of amides is 1. The van der Waals surface area contributed by atoms with Crippen molar-refractivity contribution in [2.24, 2.45) is 0 Å². The molecular weight excluding hydrogens is 232 g/mol. The smallest absolute Gasteiger partial charge is 0.233 e. The van der Waals surface area contributed by atoms with E-state index < -0.39 is 0 Å². The van der Waals surface area contributed by atoms with E-state index in [9.17, 15) is 4.79 Å². The number of rotatable bonds is 6. The van der Waals surface area contributed by atoms with Crippen LogP contribution in [-0.4, -0.2) is 62.9 Å². The van der Waals surface area contributed by atoms with Gasteiger partial charge in [0.15, 0.2) is 0 Å². The van der Waals surface area contributed by atoms with Crippen molar-refractivity contribution < 1.29 is 14.3 Å². The first kappa shape index (κ1) is 13.8. The number of carbonyl (C=O) groups is 1. The zero-order valence-corrected chi connectivity index (χ0v) is 11.4. The molecule has 0 aromatic heterocycles. The minimum absolute atomic E-state index is 0.116. The summed E-state index contributed by atoms with van der Waals surface area (Å²) in [5, 5.41) is 2.71. The maximum Gasteiger partial charge on any atom is 0.233 e. The van der Waals surface area contributed by atoms with E-state index in [0.717, 1.165) is 12.8 Å². The fourth-order valence-electron chi connectivity index (χ4n) is 3.16. The molecule has 2 bridgehead atoms. The summed E-state index contributed by atoms with van der Waals surface area (Å²) in [6, 6.07) is 1.04. The molecule has 5 heteroatoms. The number of piperidine rings is 1. The second kappa shape index (κ2) is 6.50. The maximum absolute atomic E-state index is 11.5. The monoisotopic (exact) mass is 256 g/mol. The summed E-state index contributed by atoms with van der Waals surface area (Å²) in [5.41, 5.74) is 0. The van der Waals surface area contributed by atoms with Crippen LogP contribution >= 0.6 is 0 Å². The number of carbonyl (C=O) groups excluding carboxylic acids is 1. The van der Waals surface area contributed by atoms with E-state index in [4.69, 9.17) is 9.47 Å². The summed E-state index contributed by atoms with van der Waals surface area (Å²) in [5.74, 6) is 0.116. The second-order valence-corrected chi connectivity index (χ2v) is 5.19. The number of hydrogen-bond acceptors (Lipinski definition) is 4. The highest BCUT2D eigenvalue weighted by Gasteiger charge is 2.41. The molecule has 0 aromatic carbocycles. The van der Waals surface area contributed by atoms with E-state index in [2.05, 4.69) is 10.2 Å². The van der Waals surface area contributed by atoms with Crippen LogP contribution in [-0.2, 0) is 14.3 Å². The SMILES string of the molecule is CNC(=O)CN1C2CCC1CC(OCCOC)C2. The lowest BCUT2D eigenvalue weighted by molar-refractivity contribution is -0.124. The zero-order chi connectivity index (χ0) is 13.0. The van der Waals surface area contributed by atoms with Gasteiger partial charge in [-0.15, -0.1) is 0 Å². The van der Waals surface area contributed by atoms with Gasteiger partial charge in [0.2, 0.25) is 5.91 Å². The van der Waals surface area contributed by atoms with Crippen LogP contribution in [0.4, 0.5) is 0 Å². The molecule has 2 saturated heterocycles. The van der Waals surface area contributed by atoms with Gasteiger partial charge in [-0.3, -0.25) is 9.69 Å². The normalized spacial score (nSPS) is 31.6. The van der Waals surface area contributed by atoms with Gasteiger partial charge in [0.05, 0.1) is 25.9 Å². The third kappa shape index (κ3) is 3.22. The van der Waals surface area contributed by atoms with E-state index in [1.807, 2.05) is 0 Å². The summed E-state index contributed by atoms with van der Waals surface area (Å²) >= 11 is 0. The van der Waals surface area contributed by atoms with Crippen molar-refractivity contribution in [1.82, 2.24) is 10.2 Å². The molecule has 2 aliphatic rings. The number of ether oxygens (including phenoxy) is 2. The Morgan fingerprint density at radius 1 is 1.28 bits per heavy atom. The van der Waals surface area contributed by atoms with E-state index >= 15 is 0 Å². The van der Waals surface area contributed by atoms with Crippen LogP contribution < -0.4 is 5.32 Å². The lowest BCUT2D eigenvalue weighted by Crippen LogP contribution is -2.49. The molecule has 2 heterocycles. The largest absolute Gasteiger partial charge is 0.382 e. The van der Waals surface area contributed by atoms with Gasteiger partial charge in [-0.2, -0.15) is 0 Å². The van der Waals surface area contributed by atoms with Crippen LogP contribution in [0.15, 0.2) is 0 Å². The fraction of sp³-hybridized carbons (Fsp3) is 0.923. The highest BCUT2D eigenvalue weighted by molar-refractivity contribution is 5.77. The van der Waals surface area contributed by atoms with E-state index in [-0.39, 0.29) is 5.91 Å². The number of nitrogens with one attached hydrogen (secondary N) is 1. The Morgan fingerprint density at radius 3 is 2.50 bits per heavy atom. The second-order valence-electron chi connectivity index (χ2n) is 5.19. The molecule has 0 aliphatic carbocycles. The van der Waals surface area contributed by atoms with E-state index in [1.165, 1.54) is 12.8 Å². The minimum atomic E-state index is 0.116. The lowest BCUT2D eigenvalue weighted by Gasteiger charge is -2.38. The van der Waals surface area contributed by atoms with Crippen molar-refractivity contribution in [1.29, 1.82) is 0 Å². The van der Waals surface area contributed by atoms with Crippen LogP contribution in [0.1, 0.15) is 25.7 Å². The number of fused-ring (bicyclic) bond motifs is 2. The number of methoxy groups -OCH3 is 1. The van der Waals surface area contributed by atoms with Crippen molar-refractivity contribution >= 4 is 5.91 Å². The molecule has 2 fully saturated rings. The molecule has 0 spiro atoms. The van der Waals surface area contributed by atoms with Crippen molar-refractivity contribution in [3.05, 3.63) is 0 Å². The molecule has 2 unspecified atom stereocenters. The molecule has 2 aliphatic heterocycles. The van der Waals surface area contributed by atoms with Gasteiger partial charge in [0.25, 0.3) is 0 Å². The molecule has 0 saturated carbocycles. The van der Waals surface area contributed by atoms with E-state index in [1.54, 1.807) is 14.2 Å². The molecule has 2 rings (SSSR count). The van der Waals surface area contributed by atoms with Gasteiger partial charge in [0, 0.05) is 26.2 Å². The van der Waals surface area contributed by atoms with Crippen LogP contribution in [0.25, 0.3) is 0 Å². The van der Waals surface area contributed by atoms with Crippen molar-refractivity contribution in [3.8, 4) is 0 Å². The molecule has 5 nitrogen and oxygen atoms in total. The lowest BCUT2D eigenvalue weighted by atomic mass is 9.99. The quantitative estimate of drug-likeness (QED) is 0.699. The summed E-state index contributed by atoms with van der Waals surface area (Å²) < 4.78 is 10.8. The number of hydrogen-bond donors (Lipinski definition) is 1. The van der Waals surface area contributed by atoms with Crippen LogP contribution in [0.5, 0.6) is 0 Å². The highest BCUT2D eigenvalue weighted by atomic mass is 16.5. The summed E-state index contributed by atoms with van der Waals surface area (Å²) in [4.78, 5) is 13.8. The van der Waals surface area contributed by atoms with Crippen molar-refractivity contribution in [2.45, 2.75) is 43.9 Å². The first-order valence-corrected chi connectivity index (χ1v) is 6.81. The summed E-state index contributed by atoms with van der Waals surface area (Å²) in [6.07, 6.45) is 4.85. The fourth-order valence-corrected chi connectivity index (χ4v) is 3.16. The van der Waals surface area contributed by atoms with Crippen molar-refractivity contribution in [3.63, 3.8) is 0 Å². The first-order valence-electron chi connectivity index (χ1n) is 6.81. The standard InChI is InChI=1S/C13H24N2O3/c1-14-13(16)9-15-10-3-4-11(15)8-12(7-10)18-6-5-17-2/h10-12H,3-9H2,1-2H3,(H,14,16). The van der Waals surface area contributed by atoms with Gasteiger partial charge >= 0.3 is 0 Å². The average molecular weight is 256 g/mol. The van der Waals surface area contributed by atoms with Crippen molar-refractivity contribution in [2.75, 3.05) is 33.9 Å². The molecule has 1 amide bonds. The van der Waals surface area contributed by atoms with E-state index in [0.29, 0.717) is 37.9 Å². The van der Waals surface area contributed by atoms with Crippen LogP contribution in [0.3, 0.4) is 0 Å².